The maximum Gasteiger partial charge on any atom is 0.372 e. The SMILES string of the molecule is O=P(O)(O)c1cc2cc(F)ccc2[nH]1. The Morgan fingerprint density at radius 3 is 2.64 bits per heavy atom. The monoisotopic (exact) mass is 215 g/mol. The predicted octanol–water partition coefficient (Wildman–Crippen LogP) is 1.11. The predicted molar refractivity (Wildman–Crippen MR) is 49.9 cm³/mol. The van der Waals surface area contributed by atoms with Gasteiger partial charge in [0.1, 0.15) is 11.3 Å². The third-order valence-corrected chi connectivity index (χ3v) is 2.75. The third kappa shape index (κ3) is 1.57. The van der Waals surface area contributed by atoms with E-state index in [1.54, 1.807) is 0 Å². The Morgan fingerprint density at radius 1 is 1.29 bits per heavy atom. The van der Waals surface area contributed by atoms with Crippen LogP contribution in [-0.2, 0) is 4.57 Å². The standard InChI is InChI=1S/C8H7FNO3P/c9-6-1-2-7-5(3-6)4-8(10-7)14(11,12)13/h1-4,10H,(H2,11,12,13). The van der Waals surface area contributed by atoms with Crippen molar-refractivity contribution in [2.75, 3.05) is 0 Å². The Morgan fingerprint density at radius 2 is 2.00 bits per heavy atom. The number of aromatic nitrogens is 1. The molecule has 1 heterocycles. The average molecular weight is 215 g/mol. The van der Waals surface area contributed by atoms with E-state index < -0.39 is 13.4 Å². The molecule has 6 heteroatoms. The molecule has 2 rings (SSSR count). The van der Waals surface area contributed by atoms with E-state index in [0.717, 1.165) is 0 Å². The van der Waals surface area contributed by atoms with Gasteiger partial charge in [-0.1, -0.05) is 0 Å². The van der Waals surface area contributed by atoms with Crippen molar-refractivity contribution >= 4 is 23.9 Å². The van der Waals surface area contributed by atoms with E-state index in [2.05, 4.69) is 4.98 Å². The van der Waals surface area contributed by atoms with Gasteiger partial charge in [-0.2, -0.15) is 0 Å². The van der Waals surface area contributed by atoms with E-state index in [4.69, 9.17) is 9.79 Å². The Bertz CT molecular complexity index is 530. The van der Waals surface area contributed by atoms with E-state index in [9.17, 15) is 8.96 Å². The summed E-state index contributed by atoms with van der Waals surface area (Å²) in [6, 6.07) is 5.12. The van der Waals surface area contributed by atoms with Crippen molar-refractivity contribution < 1.29 is 18.7 Å². The van der Waals surface area contributed by atoms with Crippen LogP contribution in [0.3, 0.4) is 0 Å². The van der Waals surface area contributed by atoms with Crippen molar-refractivity contribution in [2.24, 2.45) is 0 Å². The van der Waals surface area contributed by atoms with Crippen molar-refractivity contribution in [1.29, 1.82) is 0 Å². The quantitative estimate of drug-likeness (QED) is 0.624. The second kappa shape index (κ2) is 2.92. The molecule has 3 N–H and O–H groups in total. The Labute approximate surface area is 78.5 Å². The van der Waals surface area contributed by atoms with Crippen molar-refractivity contribution in [3.63, 3.8) is 0 Å². The van der Waals surface area contributed by atoms with Crippen LogP contribution in [0.15, 0.2) is 24.3 Å². The molecule has 0 saturated carbocycles. The van der Waals surface area contributed by atoms with E-state index >= 15 is 0 Å². The zero-order chi connectivity index (χ0) is 10.3. The second-order valence-corrected chi connectivity index (χ2v) is 4.50. The number of hydrogen-bond acceptors (Lipinski definition) is 1. The summed E-state index contributed by atoms with van der Waals surface area (Å²) in [5.41, 5.74) is 0.308. The smallest absolute Gasteiger partial charge is 0.348 e. The van der Waals surface area contributed by atoms with E-state index in [0.29, 0.717) is 10.9 Å². The highest BCUT2D eigenvalue weighted by molar-refractivity contribution is 7.60. The number of fused-ring (bicyclic) bond motifs is 1. The van der Waals surface area contributed by atoms with Crippen molar-refractivity contribution in [1.82, 2.24) is 4.98 Å². The molecule has 0 bridgehead atoms. The van der Waals surface area contributed by atoms with Crippen molar-refractivity contribution in [3.05, 3.63) is 30.1 Å². The van der Waals surface area contributed by atoms with E-state index in [1.165, 1.54) is 24.3 Å². The summed E-state index contributed by atoms with van der Waals surface area (Å²) in [7, 11) is -4.28. The Hall–Kier alpha value is -1.16. The first-order valence-corrected chi connectivity index (χ1v) is 5.42. The summed E-state index contributed by atoms with van der Waals surface area (Å²) < 4.78 is 23.6. The van der Waals surface area contributed by atoms with Gasteiger partial charge in [0, 0.05) is 10.9 Å². The van der Waals surface area contributed by atoms with Gasteiger partial charge in [0.05, 0.1) is 0 Å². The molecule has 14 heavy (non-hydrogen) atoms. The van der Waals surface area contributed by atoms with Crippen LogP contribution < -0.4 is 5.44 Å². The molecule has 1 aromatic heterocycles. The van der Waals surface area contributed by atoms with Crippen LogP contribution in [0.5, 0.6) is 0 Å². The molecule has 0 atom stereocenters. The molecule has 2 aromatic rings. The van der Waals surface area contributed by atoms with Crippen LogP contribution in [0.4, 0.5) is 4.39 Å². The van der Waals surface area contributed by atoms with E-state index in [-0.39, 0.29) is 5.44 Å². The van der Waals surface area contributed by atoms with Crippen LogP contribution in [0, 0.1) is 5.82 Å². The Balaban J connectivity index is 2.69. The maximum absolute atomic E-state index is 12.7. The summed E-state index contributed by atoms with van der Waals surface area (Å²) in [4.78, 5) is 20.2. The number of nitrogens with one attached hydrogen (secondary N) is 1. The number of H-pyrrole nitrogens is 1. The second-order valence-electron chi connectivity index (χ2n) is 2.93. The number of hydrogen-bond donors (Lipinski definition) is 3. The van der Waals surface area contributed by atoms with Gasteiger partial charge in [0.15, 0.2) is 0 Å². The number of benzene rings is 1. The topological polar surface area (TPSA) is 73.3 Å². The molecule has 0 spiro atoms. The fraction of sp³-hybridized carbons (Fsp3) is 0. The first-order valence-electron chi connectivity index (χ1n) is 3.81. The zero-order valence-electron chi connectivity index (χ0n) is 6.94. The number of rotatable bonds is 1. The molecule has 0 aliphatic carbocycles. The van der Waals surface area contributed by atoms with Crippen LogP contribution in [0.1, 0.15) is 0 Å². The van der Waals surface area contributed by atoms with Crippen molar-refractivity contribution in [2.45, 2.75) is 0 Å². The minimum Gasteiger partial charge on any atom is -0.348 e. The first-order chi connectivity index (χ1) is 6.47. The highest BCUT2D eigenvalue weighted by Crippen LogP contribution is 2.33. The number of halogens is 1. The lowest BCUT2D eigenvalue weighted by molar-refractivity contribution is 0.386. The van der Waals surface area contributed by atoms with Crippen molar-refractivity contribution in [3.8, 4) is 0 Å². The molecule has 4 nitrogen and oxygen atoms in total. The van der Waals surface area contributed by atoms with Gasteiger partial charge in [-0.3, -0.25) is 4.57 Å². The van der Waals surface area contributed by atoms with Crippen LogP contribution in [-0.4, -0.2) is 14.8 Å². The molecular weight excluding hydrogens is 208 g/mol. The molecular formula is C8H7FNO3P. The summed E-state index contributed by atoms with van der Waals surface area (Å²) >= 11 is 0. The van der Waals surface area contributed by atoms with Crippen LogP contribution in [0.25, 0.3) is 10.9 Å². The minimum absolute atomic E-state index is 0.196. The molecule has 0 fully saturated rings. The Kier molecular flexibility index (Phi) is 1.96. The lowest BCUT2D eigenvalue weighted by atomic mass is 10.2. The summed E-state index contributed by atoms with van der Waals surface area (Å²) in [5.74, 6) is -0.436. The first kappa shape index (κ1) is 9.40. The highest BCUT2D eigenvalue weighted by atomic mass is 31.2. The highest BCUT2D eigenvalue weighted by Gasteiger charge is 2.19. The van der Waals surface area contributed by atoms with Gasteiger partial charge in [0.2, 0.25) is 0 Å². The third-order valence-electron chi connectivity index (χ3n) is 1.88. The van der Waals surface area contributed by atoms with E-state index in [1.807, 2.05) is 0 Å². The van der Waals surface area contributed by atoms with Crippen LogP contribution in [0.2, 0.25) is 0 Å². The molecule has 0 amide bonds. The summed E-state index contributed by atoms with van der Waals surface area (Å²) in [6.45, 7) is 0. The summed E-state index contributed by atoms with van der Waals surface area (Å²) in [6.07, 6.45) is 0. The normalized spacial score (nSPS) is 12.2. The molecule has 1 aromatic carbocycles. The molecule has 0 aliphatic heterocycles. The minimum atomic E-state index is -4.28. The van der Waals surface area contributed by atoms with Gasteiger partial charge in [0.25, 0.3) is 0 Å². The van der Waals surface area contributed by atoms with Gasteiger partial charge in [-0.05, 0) is 24.3 Å². The van der Waals surface area contributed by atoms with Gasteiger partial charge in [-0.25, -0.2) is 4.39 Å². The lowest BCUT2D eigenvalue weighted by Gasteiger charge is -1.97. The number of aromatic amines is 1. The largest absolute Gasteiger partial charge is 0.372 e. The molecule has 0 radical (unpaired) electrons. The van der Waals surface area contributed by atoms with Gasteiger partial charge >= 0.3 is 7.60 Å². The molecule has 0 saturated heterocycles. The van der Waals surface area contributed by atoms with Gasteiger partial charge < -0.3 is 14.8 Å². The summed E-state index contributed by atoms with van der Waals surface area (Å²) in [5, 5.41) is 0.448. The molecule has 74 valence electrons. The molecule has 0 unspecified atom stereocenters. The fourth-order valence-corrected chi connectivity index (χ4v) is 1.82. The van der Waals surface area contributed by atoms with Crippen LogP contribution >= 0.6 is 7.60 Å². The maximum atomic E-state index is 12.7. The fourth-order valence-electron chi connectivity index (χ4n) is 1.25. The molecule has 0 aliphatic rings. The zero-order valence-corrected chi connectivity index (χ0v) is 7.83. The lowest BCUT2D eigenvalue weighted by Crippen LogP contribution is -2.02. The average Bonchev–Trinajstić information content (AvgIpc) is 2.45. The van der Waals surface area contributed by atoms with Gasteiger partial charge in [-0.15, -0.1) is 0 Å².